The highest BCUT2D eigenvalue weighted by Gasteiger charge is 2.11. The summed E-state index contributed by atoms with van der Waals surface area (Å²) < 4.78 is 6.78. The largest absolute Gasteiger partial charge is 0.494 e. The van der Waals surface area contributed by atoms with Gasteiger partial charge in [-0.1, -0.05) is 50.2 Å². The summed E-state index contributed by atoms with van der Waals surface area (Å²) in [6, 6.07) is 13.4. The van der Waals surface area contributed by atoms with Crippen molar-refractivity contribution in [2.75, 3.05) is 11.9 Å². The van der Waals surface area contributed by atoms with Crippen LogP contribution in [0, 0.1) is 0 Å². The Morgan fingerprint density at radius 1 is 1.13 bits per heavy atom. The lowest BCUT2D eigenvalue weighted by Gasteiger charge is -2.09. The van der Waals surface area contributed by atoms with Gasteiger partial charge in [0.2, 0.25) is 0 Å². The monoisotopic (exact) mass is 441 g/mol. The molecular formula is C23H27N3O2S2. The Hall–Kier alpha value is -2.51. The van der Waals surface area contributed by atoms with Crippen LogP contribution in [0.2, 0.25) is 0 Å². The number of thiocarbonyl (C=S) groups is 1. The molecule has 0 aliphatic rings. The summed E-state index contributed by atoms with van der Waals surface area (Å²) in [5.41, 5.74) is 2.74. The van der Waals surface area contributed by atoms with Crippen LogP contribution in [-0.4, -0.2) is 22.6 Å². The maximum atomic E-state index is 12.5. The van der Waals surface area contributed by atoms with Crippen molar-refractivity contribution in [1.29, 1.82) is 0 Å². The highest BCUT2D eigenvalue weighted by Crippen LogP contribution is 2.27. The molecule has 0 bridgehead atoms. The minimum absolute atomic E-state index is 0.225. The number of rotatable bonds is 9. The molecule has 2 aromatic carbocycles. The number of nitrogens with zero attached hydrogens (tertiary/aromatic N) is 1. The SMILES string of the molecule is CCCCOc1cccc(C(=O)NC(=S)Nc2nc3ccc(CCCC)cc3s2)c1. The van der Waals surface area contributed by atoms with Gasteiger partial charge in [0.05, 0.1) is 16.8 Å². The Labute approximate surface area is 186 Å². The Morgan fingerprint density at radius 3 is 2.77 bits per heavy atom. The number of nitrogens with one attached hydrogen (secondary N) is 2. The summed E-state index contributed by atoms with van der Waals surface area (Å²) >= 11 is 6.84. The fourth-order valence-corrected chi connectivity index (χ4v) is 4.11. The van der Waals surface area contributed by atoms with Gasteiger partial charge in [0.15, 0.2) is 10.2 Å². The highest BCUT2D eigenvalue weighted by atomic mass is 32.1. The van der Waals surface area contributed by atoms with Crippen molar-refractivity contribution in [2.45, 2.75) is 46.0 Å². The average Bonchev–Trinajstić information content (AvgIpc) is 3.13. The third-order valence-corrected chi connectivity index (χ3v) is 5.72. The van der Waals surface area contributed by atoms with Crippen molar-refractivity contribution in [1.82, 2.24) is 10.3 Å². The first-order valence-corrected chi connectivity index (χ1v) is 11.6. The second kappa shape index (κ2) is 11.0. The normalized spacial score (nSPS) is 10.7. The summed E-state index contributed by atoms with van der Waals surface area (Å²) in [5, 5.41) is 6.63. The van der Waals surface area contributed by atoms with Crippen molar-refractivity contribution in [2.24, 2.45) is 0 Å². The molecule has 1 aromatic heterocycles. The Morgan fingerprint density at radius 2 is 1.97 bits per heavy atom. The van der Waals surface area contributed by atoms with E-state index in [0.717, 1.165) is 29.5 Å². The number of hydrogen-bond acceptors (Lipinski definition) is 5. The minimum atomic E-state index is -0.281. The zero-order chi connectivity index (χ0) is 21.3. The van der Waals surface area contributed by atoms with Crippen LogP contribution in [0.25, 0.3) is 10.2 Å². The molecular weight excluding hydrogens is 414 g/mol. The second-order valence-corrected chi connectivity index (χ2v) is 8.50. The summed E-state index contributed by atoms with van der Waals surface area (Å²) in [6.45, 7) is 4.94. The lowest BCUT2D eigenvalue weighted by Crippen LogP contribution is -2.34. The van der Waals surface area contributed by atoms with Gasteiger partial charge in [-0.2, -0.15) is 0 Å². The number of hydrogen-bond donors (Lipinski definition) is 2. The molecule has 5 nitrogen and oxygen atoms in total. The lowest BCUT2D eigenvalue weighted by atomic mass is 10.1. The molecule has 0 spiro atoms. The summed E-state index contributed by atoms with van der Waals surface area (Å²) in [7, 11) is 0. The van der Waals surface area contributed by atoms with Gasteiger partial charge in [0.1, 0.15) is 5.75 Å². The van der Waals surface area contributed by atoms with E-state index in [1.54, 1.807) is 18.2 Å². The molecule has 0 aliphatic carbocycles. The van der Waals surface area contributed by atoms with Gasteiger partial charge < -0.3 is 10.1 Å². The predicted molar refractivity (Wildman–Crippen MR) is 129 cm³/mol. The van der Waals surface area contributed by atoms with Crippen LogP contribution in [0.15, 0.2) is 42.5 Å². The molecule has 1 amide bonds. The maximum Gasteiger partial charge on any atom is 0.257 e. The minimum Gasteiger partial charge on any atom is -0.494 e. The van der Waals surface area contributed by atoms with Gasteiger partial charge in [-0.15, -0.1) is 0 Å². The van der Waals surface area contributed by atoms with Crippen molar-refractivity contribution < 1.29 is 9.53 Å². The van der Waals surface area contributed by atoms with Crippen LogP contribution in [0.5, 0.6) is 5.75 Å². The van der Waals surface area contributed by atoms with Gasteiger partial charge in [-0.25, -0.2) is 4.98 Å². The predicted octanol–water partition coefficient (Wildman–Crippen LogP) is 5.94. The molecule has 7 heteroatoms. The third kappa shape index (κ3) is 6.24. The van der Waals surface area contributed by atoms with Gasteiger partial charge in [-0.05, 0) is 67.4 Å². The van der Waals surface area contributed by atoms with Crippen LogP contribution >= 0.6 is 23.6 Å². The molecule has 0 saturated carbocycles. The topological polar surface area (TPSA) is 63.2 Å². The number of aromatic nitrogens is 1. The zero-order valence-electron chi connectivity index (χ0n) is 17.4. The maximum absolute atomic E-state index is 12.5. The molecule has 3 rings (SSSR count). The number of aryl methyl sites for hydroxylation is 1. The molecule has 0 atom stereocenters. The van der Waals surface area contributed by atoms with Crippen LogP contribution < -0.4 is 15.4 Å². The molecule has 3 aromatic rings. The molecule has 158 valence electrons. The zero-order valence-corrected chi connectivity index (χ0v) is 19.0. The number of fused-ring (bicyclic) bond motifs is 1. The van der Waals surface area contributed by atoms with E-state index in [0.29, 0.717) is 23.1 Å². The van der Waals surface area contributed by atoms with E-state index in [4.69, 9.17) is 17.0 Å². The molecule has 0 fully saturated rings. The molecule has 0 aliphatic heterocycles. The van der Waals surface area contributed by atoms with Crippen LogP contribution in [0.1, 0.15) is 55.5 Å². The molecule has 30 heavy (non-hydrogen) atoms. The third-order valence-electron chi connectivity index (χ3n) is 4.58. The van der Waals surface area contributed by atoms with Gasteiger partial charge >= 0.3 is 0 Å². The first kappa shape index (κ1) is 22.2. The van der Waals surface area contributed by atoms with Crippen LogP contribution in [-0.2, 0) is 6.42 Å². The van der Waals surface area contributed by atoms with E-state index in [1.807, 2.05) is 12.1 Å². The van der Waals surface area contributed by atoms with Gasteiger partial charge in [0.25, 0.3) is 5.91 Å². The van der Waals surface area contributed by atoms with Crippen molar-refractivity contribution in [3.05, 3.63) is 53.6 Å². The first-order chi connectivity index (χ1) is 14.6. The van der Waals surface area contributed by atoms with Crippen molar-refractivity contribution in [3.8, 4) is 5.75 Å². The number of ether oxygens (including phenoxy) is 1. The van der Waals surface area contributed by atoms with E-state index >= 15 is 0 Å². The highest BCUT2D eigenvalue weighted by molar-refractivity contribution is 7.80. The van der Waals surface area contributed by atoms with E-state index in [1.165, 1.54) is 29.7 Å². The molecule has 2 N–H and O–H groups in total. The number of carbonyl (C=O) groups is 1. The molecule has 0 radical (unpaired) electrons. The number of thiazole rings is 1. The van der Waals surface area contributed by atoms with E-state index in [9.17, 15) is 4.79 Å². The average molecular weight is 442 g/mol. The molecule has 0 unspecified atom stereocenters. The first-order valence-electron chi connectivity index (χ1n) is 10.3. The Kier molecular flexibility index (Phi) is 8.16. The standard InChI is InChI=1S/C23H27N3O2S2/c1-3-5-8-16-11-12-19-20(14-16)30-23(24-19)26-22(29)25-21(27)17-9-7-10-18(15-17)28-13-6-4-2/h7,9-12,14-15H,3-6,8,13H2,1-2H3,(H2,24,25,26,27,29). The summed E-state index contributed by atoms with van der Waals surface area (Å²) in [5.74, 6) is 0.399. The van der Waals surface area contributed by atoms with Crippen LogP contribution in [0.4, 0.5) is 5.13 Å². The fraction of sp³-hybridized carbons (Fsp3) is 0.348. The quantitative estimate of drug-likeness (QED) is 0.318. The second-order valence-electron chi connectivity index (χ2n) is 7.06. The van der Waals surface area contributed by atoms with E-state index < -0.39 is 0 Å². The molecule has 1 heterocycles. The number of amides is 1. The Bertz CT molecular complexity index is 1020. The number of benzene rings is 2. The molecule has 0 saturated heterocycles. The van der Waals surface area contributed by atoms with Crippen molar-refractivity contribution in [3.63, 3.8) is 0 Å². The van der Waals surface area contributed by atoms with Crippen LogP contribution in [0.3, 0.4) is 0 Å². The van der Waals surface area contributed by atoms with E-state index in [-0.39, 0.29) is 11.0 Å². The summed E-state index contributed by atoms with van der Waals surface area (Å²) in [6.07, 6.45) is 5.47. The van der Waals surface area contributed by atoms with Crippen molar-refractivity contribution >= 4 is 49.9 Å². The Balaban J connectivity index is 1.59. The summed E-state index contributed by atoms with van der Waals surface area (Å²) in [4.78, 5) is 17.1. The lowest BCUT2D eigenvalue weighted by molar-refractivity contribution is 0.0977. The number of anilines is 1. The number of unbranched alkanes of at least 4 members (excludes halogenated alkanes) is 2. The smallest absolute Gasteiger partial charge is 0.257 e. The van der Waals surface area contributed by atoms with Gasteiger partial charge in [-0.3, -0.25) is 10.1 Å². The number of carbonyl (C=O) groups excluding carboxylic acids is 1. The fourth-order valence-electron chi connectivity index (χ4n) is 2.92. The van der Waals surface area contributed by atoms with Gasteiger partial charge in [0, 0.05) is 5.56 Å². The van der Waals surface area contributed by atoms with E-state index in [2.05, 4.69) is 41.6 Å².